The van der Waals surface area contributed by atoms with Gasteiger partial charge in [0.25, 0.3) is 0 Å². The first-order valence-corrected chi connectivity index (χ1v) is 12.7. The summed E-state index contributed by atoms with van der Waals surface area (Å²) in [4.78, 5) is 16.9. The highest BCUT2D eigenvalue weighted by Gasteiger charge is 2.26. The third-order valence-corrected chi connectivity index (χ3v) is 7.38. The Balaban J connectivity index is 0.00000480. The van der Waals surface area contributed by atoms with Crippen molar-refractivity contribution in [1.29, 1.82) is 0 Å². The van der Waals surface area contributed by atoms with Gasteiger partial charge in [0.2, 0.25) is 5.91 Å². The van der Waals surface area contributed by atoms with E-state index in [0.29, 0.717) is 12.6 Å². The molecule has 0 saturated heterocycles. The number of guanidine groups is 1. The van der Waals surface area contributed by atoms with E-state index in [9.17, 15) is 9.00 Å². The van der Waals surface area contributed by atoms with Gasteiger partial charge in [-0.15, -0.1) is 24.0 Å². The van der Waals surface area contributed by atoms with Gasteiger partial charge in [-0.25, -0.2) is 4.99 Å². The summed E-state index contributed by atoms with van der Waals surface area (Å²) in [6.07, 6.45) is 5.00. The van der Waals surface area contributed by atoms with Crippen molar-refractivity contribution in [3.05, 3.63) is 29.8 Å². The van der Waals surface area contributed by atoms with Crippen LogP contribution in [0.5, 0.6) is 0 Å². The largest absolute Gasteiger partial charge is 0.357 e. The van der Waals surface area contributed by atoms with Crippen molar-refractivity contribution in [1.82, 2.24) is 10.6 Å². The number of carbonyl (C=O) groups is 1. The Bertz CT molecular complexity index is 744. The Kier molecular flexibility index (Phi) is 13.3. The van der Waals surface area contributed by atoms with Gasteiger partial charge in [-0.3, -0.25) is 9.00 Å². The second kappa shape index (κ2) is 14.8. The summed E-state index contributed by atoms with van der Waals surface area (Å²) >= 11 is 0. The summed E-state index contributed by atoms with van der Waals surface area (Å²) in [6, 6.07) is 8.16. The van der Waals surface area contributed by atoms with Crippen LogP contribution >= 0.6 is 24.0 Å². The summed E-state index contributed by atoms with van der Waals surface area (Å²) in [7, 11) is -0.733. The van der Waals surface area contributed by atoms with Crippen LogP contribution in [0.1, 0.15) is 65.4 Å². The molecule has 0 spiro atoms. The highest BCUT2D eigenvalue weighted by atomic mass is 127. The molecule has 1 aromatic rings. The van der Waals surface area contributed by atoms with Gasteiger partial charge in [0.1, 0.15) is 0 Å². The second-order valence-corrected chi connectivity index (χ2v) is 10.00. The molecule has 1 aromatic carbocycles. The zero-order valence-corrected chi connectivity index (χ0v) is 22.4. The summed E-state index contributed by atoms with van der Waals surface area (Å²) in [5, 5.41) is 10.1. The van der Waals surface area contributed by atoms with Crippen LogP contribution in [0.4, 0.5) is 5.69 Å². The monoisotopic (exact) mass is 562 g/mol. The van der Waals surface area contributed by atoms with E-state index in [1.807, 2.05) is 45.0 Å². The smallest absolute Gasteiger partial charge is 0.227 e. The van der Waals surface area contributed by atoms with Gasteiger partial charge < -0.3 is 16.0 Å². The van der Waals surface area contributed by atoms with E-state index in [1.54, 1.807) is 0 Å². The molecule has 1 saturated carbocycles. The molecule has 1 amide bonds. The summed E-state index contributed by atoms with van der Waals surface area (Å²) in [6.45, 7) is 9.31. The molecule has 3 N–H and O–H groups in total. The maximum absolute atomic E-state index is 12.2. The van der Waals surface area contributed by atoms with E-state index in [-0.39, 0.29) is 41.1 Å². The minimum atomic E-state index is -0.733. The van der Waals surface area contributed by atoms with Crippen LogP contribution < -0.4 is 16.0 Å². The van der Waals surface area contributed by atoms with Gasteiger partial charge >= 0.3 is 0 Å². The fourth-order valence-corrected chi connectivity index (χ4v) is 4.98. The lowest BCUT2D eigenvalue weighted by molar-refractivity contribution is -0.119. The fraction of sp³-hybridized carbons (Fsp3) is 0.652. The van der Waals surface area contributed by atoms with E-state index in [4.69, 9.17) is 4.99 Å². The Labute approximate surface area is 207 Å². The number of hydrogen-bond donors (Lipinski definition) is 3. The molecule has 176 valence electrons. The molecule has 2 rings (SSSR count). The lowest BCUT2D eigenvalue weighted by Crippen LogP contribution is -2.46. The number of hydrogen-bond acceptors (Lipinski definition) is 3. The summed E-state index contributed by atoms with van der Waals surface area (Å²) in [5.41, 5.74) is 1.85. The molecule has 8 heteroatoms. The molecule has 0 bridgehead atoms. The van der Waals surface area contributed by atoms with Gasteiger partial charge in [0.05, 0.1) is 6.54 Å². The standard InChI is InChI=1S/C23H38N4O2S.HI/c1-5-17(4)22(28)26-19-11-8-10-18(14-19)16-25-23(24-6-2)27-20-12-9-13-21(15-20)30(29)7-3;/h8,10-11,14,17,20-21H,5-7,9,12-13,15-16H2,1-4H3,(H,26,28)(H2,24,25,27);1H. The predicted octanol–water partition coefficient (Wildman–Crippen LogP) is 4.42. The van der Waals surface area contributed by atoms with Crippen molar-refractivity contribution in [3.63, 3.8) is 0 Å². The third-order valence-electron chi connectivity index (χ3n) is 5.64. The van der Waals surface area contributed by atoms with Gasteiger partial charge in [0.15, 0.2) is 5.96 Å². The SMILES string of the molecule is CCNC(=NCc1cccc(NC(=O)C(C)CC)c1)NC1CCCC(S(=O)CC)C1.I. The van der Waals surface area contributed by atoms with E-state index in [1.165, 1.54) is 0 Å². The molecule has 6 nitrogen and oxygen atoms in total. The lowest BCUT2D eigenvalue weighted by atomic mass is 9.95. The predicted molar refractivity (Wildman–Crippen MR) is 143 cm³/mol. The number of amides is 1. The normalized spacial score (nSPS) is 20.8. The average molecular weight is 563 g/mol. The lowest BCUT2D eigenvalue weighted by Gasteiger charge is -2.30. The van der Waals surface area contributed by atoms with Gasteiger partial charge in [0, 0.05) is 46.0 Å². The Morgan fingerprint density at radius 3 is 2.71 bits per heavy atom. The molecule has 0 aromatic heterocycles. The van der Waals surface area contributed by atoms with Gasteiger partial charge in [-0.1, -0.05) is 39.3 Å². The molecular formula is C23H39IN4O2S. The Morgan fingerprint density at radius 2 is 2.03 bits per heavy atom. The molecular weight excluding hydrogens is 523 g/mol. The quantitative estimate of drug-likeness (QED) is 0.237. The average Bonchev–Trinajstić information content (AvgIpc) is 2.76. The number of rotatable bonds is 9. The highest BCUT2D eigenvalue weighted by Crippen LogP contribution is 2.23. The number of carbonyl (C=O) groups excluding carboxylic acids is 1. The fourth-order valence-electron chi connectivity index (χ4n) is 3.63. The maximum atomic E-state index is 12.2. The minimum absolute atomic E-state index is 0. The molecule has 1 aliphatic rings. The van der Waals surface area contributed by atoms with Crippen LogP contribution in [0.15, 0.2) is 29.3 Å². The van der Waals surface area contributed by atoms with Crippen LogP contribution in [-0.4, -0.2) is 39.7 Å². The van der Waals surface area contributed by atoms with Crippen molar-refractivity contribution in [2.75, 3.05) is 17.6 Å². The van der Waals surface area contributed by atoms with Crippen molar-refractivity contribution in [2.45, 2.75) is 77.6 Å². The number of halogens is 1. The van der Waals surface area contributed by atoms with Crippen LogP contribution in [0.25, 0.3) is 0 Å². The van der Waals surface area contributed by atoms with Crippen molar-refractivity contribution >= 4 is 52.3 Å². The number of benzene rings is 1. The van der Waals surface area contributed by atoms with E-state index in [0.717, 1.165) is 61.6 Å². The zero-order chi connectivity index (χ0) is 21.9. The minimum Gasteiger partial charge on any atom is -0.357 e. The molecule has 1 aliphatic carbocycles. The number of nitrogens with one attached hydrogen (secondary N) is 3. The second-order valence-electron chi connectivity index (χ2n) is 7.99. The summed E-state index contributed by atoms with van der Waals surface area (Å²) < 4.78 is 12.2. The first-order chi connectivity index (χ1) is 14.5. The number of nitrogens with zero attached hydrogens (tertiary/aromatic N) is 1. The van der Waals surface area contributed by atoms with Crippen molar-refractivity contribution in [3.8, 4) is 0 Å². The zero-order valence-electron chi connectivity index (χ0n) is 19.3. The van der Waals surface area contributed by atoms with E-state index < -0.39 is 10.8 Å². The van der Waals surface area contributed by atoms with Crippen molar-refractivity contribution in [2.24, 2.45) is 10.9 Å². The highest BCUT2D eigenvalue weighted by molar-refractivity contribution is 14.0. The number of anilines is 1. The van der Waals surface area contributed by atoms with Crippen LogP contribution in [-0.2, 0) is 22.1 Å². The molecule has 4 unspecified atom stereocenters. The molecule has 0 aliphatic heterocycles. The van der Waals surface area contributed by atoms with Crippen LogP contribution in [0.3, 0.4) is 0 Å². The van der Waals surface area contributed by atoms with E-state index in [2.05, 4.69) is 22.9 Å². The molecule has 0 radical (unpaired) electrons. The third kappa shape index (κ3) is 9.47. The first-order valence-electron chi connectivity index (χ1n) is 11.3. The first kappa shape index (κ1) is 27.9. The van der Waals surface area contributed by atoms with Crippen LogP contribution in [0, 0.1) is 5.92 Å². The van der Waals surface area contributed by atoms with Crippen molar-refractivity contribution < 1.29 is 9.00 Å². The topological polar surface area (TPSA) is 82.6 Å². The van der Waals surface area contributed by atoms with Gasteiger partial charge in [-0.2, -0.15) is 0 Å². The number of aliphatic imine (C=N–C) groups is 1. The molecule has 0 heterocycles. The van der Waals surface area contributed by atoms with Gasteiger partial charge in [-0.05, 0) is 50.3 Å². The molecule has 31 heavy (non-hydrogen) atoms. The van der Waals surface area contributed by atoms with E-state index >= 15 is 0 Å². The maximum Gasteiger partial charge on any atom is 0.227 e. The Morgan fingerprint density at radius 1 is 1.26 bits per heavy atom. The molecule has 4 atom stereocenters. The summed E-state index contributed by atoms with van der Waals surface area (Å²) in [5.74, 6) is 1.57. The molecule has 1 fully saturated rings. The van der Waals surface area contributed by atoms with Crippen LogP contribution in [0.2, 0.25) is 0 Å². The Hall–Kier alpha value is -1.16.